The van der Waals surface area contributed by atoms with Crippen molar-refractivity contribution < 1.29 is 0 Å². The van der Waals surface area contributed by atoms with E-state index in [9.17, 15) is 0 Å². The molecule has 0 spiro atoms. The summed E-state index contributed by atoms with van der Waals surface area (Å²) in [6, 6.07) is 0. The van der Waals surface area contributed by atoms with Crippen molar-refractivity contribution in [3.05, 3.63) is 12.4 Å². The maximum absolute atomic E-state index is 5.08. The van der Waals surface area contributed by atoms with Crippen LogP contribution < -0.4 is 5.73 Å². The molecular weight excluding hydrogens is 78.1 g/mol. The van der Waals surface area contributed by atoms with Crippen molar-refractivity contribution in [1.29, 1.82) is 0 Å². The van der Waals surface area contributed by atoms with Gasteiger partial charge in [0.25, 0.3) is 0 Å². The molecule has 1 rings (SSSR count). The first-order chi connectivity index (χ1) is 2.89. The molecule has 0 aromatic carbocycles. The van der Waals surface area contributed by atoms with E-state index in [1.165, 1.54) is 6.20 Å². The zero-order valence-electron chi connectivity index (χ0n) is 3.10. The number of nitrogens with two attached hydrogens (primary N) is 1. The third-order valence-electron chi connectivity index (χ3n) is 0.468. The van der Waals surface area contributed by atoms with Gasteiger partial charge in [0.1, 0.15) is 0 Å². The Morgan fingerprint density at radius 2 is 2.83 bits per heavy atom. The number of anilines is 1. The fraction of sp³-hybridized carbons (Fsp3) is 0. The number of nitrogen functional groups attached to an aromatic ring is 1. The molecule has 6 heavy (non-hydrogen) atoms. The van der Waals surface area contributed by atoms with Gasteiger partial charge >= 0.3 is 0 Å². The monoisotopic (exact) mass is 82.0 g/mol. The zero-order chi connectivity index (χ0) is 4.41. The van der Waals surface area contributed by atoms with Crippen LogP contribution in [0.2, 0.25) is 0 Å². The van der Waals surface area contributed by atoms with Crippen LogP contribution in [0.4, 0.5) is 5.95 Å². The summed E-state index contributed by atoms with van der Waals surface area (Å²) in [6.07, 6.45) is 4.05. The summed E-state index contributed by atoms with van der Waals surface area (Å²) in [6.45, 7) is 0. The maximum Gasteiger partial charge on any atom is 0.197 e. The summed E-state index contributed by atoms with van der Waals surface area (Å²) in [5.74, 6) is 0.412. The molecule has 1 radical (unpaired) electrons. The lowest BCUT2D eigenvalue weighted by molar-refractivity contribution is 1.32. The van der Waals surface area contributed by atoms with Crippen molar-refractivity contribution >= 4 is 5.95 Å². The van der Waals surface area contributed by atoms with Gasteiger partial charge in [-0.1, -0.05) is 0 Å². The summed E-state index contributed by atoms with van der Waals surface area (Å²) in [7, 11) is 0. The number of aromatic amines is 1. The Balaban J connectivity index is 3.05. The summed E-state index contributed by atoms with van der Waals surface area (Å²) >= 11 is 0. The Hall–Kier alpha value is -0.990. The fourth-order valence-corrected chi connectivity index (χ4v) is 0.240. The van der Waals surface area contributed by atoms with Crippen LogP contribution in [-0.2, 0) is 0 Å². The van der Waals surface area contributed by atoms with Gasteiger partial charge in [0.2, 0.25) is 0 Å². The second-order valence-electron chi connectivity index (χ2n) is 0.913. The smallest absolute Gasteiger partial charge is 0.197 e. The Morgan fingerprint density at radius 3 is 3.00 bits per heavy atom. The number of nitrogens with zero attached hydrogens (tertiary/aromatic N) is 1. The lowest BCUT2D eigenvalue weighted by Crippen LogP contribution is -1.83. The van der Waals surface area contributed by atoms with E-state index >= 15 is 0 Å². The van der Waals surface area contributed by atoms with E-state index in [1.807, 2.05) is 0 Å². The molecule has 3 N–H and O–H groups in total. The fourth-order valence-electron chi connectivity index (χ4n) is 0.240. The van der Waals surface area contributed by atoms with Crippen LogP contribution in [0.1, 0.15) is 0 Å². The van der Waals surface area contributed by atoms with Crippen molar-refractivity contribution in [2.45, 2.75) is 0 Å². The Bertz CT molecular complexity index is 110. The molecule has 0 aliphatic rings. The van der Waals surface area contributed by atoms with E-state index in [0.29, 0.717) is 5.95 Å². The predicted molar refractivity (Wildman–Crippen MR) is 21.8 cm³/mol. The van der Waals surface area contributed by atoms with Crippen LogP contribution >= 0.6 is 0 Å². The maximum atomic E-state index is 5.08. The summed E-state index contributed by atoms with van der Waals surface area (Å²) in [5, 5.41) is 0. The van der Waals surface area contributed by atoms with Crippen molar-refractivity contribution in [2.75, 3.05) is 5.73 Å². The van der Waals surface area contributed by atoms with Crippen LogP contribution in [0, 0.1) is 6.20 Å². The molecule has 31 valence electrons. The highest BCUT2D eigenvalue weighted by molar-refractivity contribution is 5.11. The van der Waals surface area contributed by atoms with Gasteiger partial charge in [0.05, 0.1) is 12.4 Å². The molecule has 3 nitrogen and oxygen atoms in total. The Morgan fingerprint density at radius 1 is 2.00 bits per heavy atom. The van der Waals surface area contributed by atoms with Gasteiger partial charge in [0, 0.05) is 0 Å². The molecule has 0 aliphatic heterocycles. The second kappa shape index (κ2) is 1.01. The van der Waals surface area contributed by atoms with Crippen molar-refractivity contribution in [1.82, 2.24) is 9.97 Å². The molecular formula is C3H4N3. The van der Waals surface area contributed by atoms with Crippen molar-refractivity contribution in [3.8, 4) is 0 Å². The molecule has 0 saturated heterocycles. The largest absolute Gasteiger partial charge is 0.369 e. The molecule has 0 aliphatic carbocycles. The number of aromatic nitrogens is 2. The highest BCUT2D eigenvalue weighted by atomic mass is 15.0. The third-order valence-corrected chi connectivity index (χ3v) is 0.468. The molecule has 0 saturated carbocycles. The van der Waals surface area contributed by atoms with Crippen molar-refractivity contribution in [3.63, 3.8) is 0 Å². The van der Waals surface area contributed by atoms with Crippen LogP contribution in [-0.4, -0.2) is 9.97 Å². The van der Waals surface area contributed by atoms with Crippen molar-refractivity contribution in [2.24, 2.45) is 0 Å². The molecule has 3 heteroatoms. The van der Waals surface area contributed by atoms with Gasteiger partial charge in [-0.2, -0.15) is 0 Å². The number of hydrogen-bond acceptors (Lipinski definition) is 2. The topological polar surface area (TPSA) is 54.7 Å². The predicted octanol–water partition coefficient (Wildman–Crippen LogP) is -0.208. The average Bonchev–Trinajstić information content (AvgIpc) is 1.86. The minimum Gasteiger partial charge on any atom is -0.369 e. The second-order valence-corrected chi connectivity index (χ2v) is 0.913. The quantitative estimate of drug-likeness (QED) is 0.455. The third kappa shape index (κ3) is 0.337. The van der Waals surface area contributed by atoms with E-state index in [0.717, 1.165) is 0 Å². The van der Waals surface area contributed by atoms with Crippen LogP contribution in [0.3, 0.4) is 0 Å². The summed E-state index contributed by atoms with van der Waals surface area (Å²) in [5.41, 5.74) is 5.08. The first kappa shape index (κ1) is 3.21. The molecule has 0 unspecified atom stereocenters. The molecule has 0 bridgehead atoms. The number of hydrogen-bond donors (Lipinski definition) is 2. The number of imidazole rings is 1. The van der Waals surface area contributed by atoms with Gasteiger partial charge < -0.3 is 10.7 Å². The summed E-state index contributed by atoms with van der Waals surface area (Å²) in [4.78, 5) is 6.12. The van der Waals surface area contributed by atoms with E-state index < -0.39 is 0 Å². The standard InChI is InChI=1S/C3H4N3/c4-3-5-1-2-6-3/h1H,(H3,4,5,6). The van der Waals surface area contributed by atoms with Crippen LogP contribution in [0.15, 0.2) is 6.20 Å². The minimum atomic E-state index is 0.412. The van der Waals surface area contributed by atoms with Gasteiger partial charge in [-0.05, 0) is 0 Å². The number of nitrogens with one attached hydrogen (secondary N) is 1. The van der Waals surface area contributed by atoms with E-state index in [4.69, 9.17) is 5.73 Å². The molecule has 0 amide bonds. The first-order valence-corrected chi connectivity index (χ1v) is 1.56. The first-order valence-electron chi connectivity index (χ1n) is 1.56. The van der Waals surface area contributed by atoms with E-state index in [-0.39, 0.29) is 0 Å². The average molecular weight is 82.1 g/mol. The number of rotatable bonds is 0. The Labute approximate surface area is 35.2 Å². The highest BCUT2D eigenvalue weighted by Crippen LogP contribution is 1.80. The molecule has 0 fully saturated rings. The molecule has 1 heterocycles. The lowest BCUT2D eigenvalue weighted by atomic mass is 11.0. The summed E-state index contributed by atoms with van der Waals surface area (Å²) < 4.78 is 0. The van der Waals surface area contributed by atoms with Crippen LogP contribution in [0.5, 0.6) is 0 Å². The zero-order valence-corrected chi connectivity index (χ0v) is 3.10. The van der Waals surface area contributed by atoms with Gasteiger partial charge in [-0.25, -0.2) is 4.98 Å². The van der Waals surface area contributed by atoms with Crippen LogP contribution in [0.25, 0.3) is 0 Å². The highest BCUT2D eigenvalue weighted by Gasteiger charge is 1.75. The molecule has 1 aromatic heterocycles. The SMILES string of the molecule is Nc1nc[c][nH]1. The Kier molecular flexibility index (Phi) is 0.538. The van der Waals surface area contributed by atoms with Gasteiger partial charge in [-0.15, -0.1) is 0 Å². The van der Waals surface area contributed by atoms with E-state index in [2.05, 4.69) is 16.2 Å². The molecule has 0 atom stereocenters. The lowest BCUT2D eigenvalue weighted by Gasteiger charge is -1.70. The van der Waals surface area contributed by atoms with Gasteiger partial charge in [-0.3, -0.25) is 0 Å². The van der Waals surface area contributed by atoms with Gasteiger partial charge in [0.15, 0.2) is 5.95 Å². The molecule has 1 aromatic rings. The normalized spacial score (nSPS) is 8.67. The van der Waals surface area contributed by atoms with E-state index in [1.54, 1.807) is 0 Å². The number of H-pyrrole nitrogens is 1. The minimum absolute atomic E-state index is 0.412.